The Labute approximate surface area is 165 Å². The Kier molecular flexibility index (Phi) is 6.15. The lowest BCUT2D eigenvalue weighted by molar-refractivity contribution is -0.120. The van der Waals surface area contributed by atoms with E-state index in [2.05, 4.69) is 5.32 Å². The second kappa shape index (κ2) is 8.41. The first-order chi connectivity index (χ1) is 13.3. The average molecular weight is 405 g/mol. The van der Waals surface area contributed by atoms with Crippen molar-refractivity contribution in [3.8, 4) is 0 Å². The summed E-state index contributed by atoms with van der Waals surface area (Å²) in [6.45, 7) is 4.50. The molecule has 0 aromatic heterocycles. The Morgan fingerprint density at radius 1 is 1.18 bits per heavy atom. The first-order valence-corrected chi connectivity index (χ1v) is 11.0. The number of nitrogens with zero attached hydrogens (tertiary/aromatic N) is 1. The van der Waals surface area contributed by atoms with E-state index in [0.717, 1.165) is 16.8 Å². The van der Waals surface area contributed by atoms with Crippen LogP contribution in [0.15, 0.2) is 42.5 Å². The standard InChI is InChI=1S/C21H25FN2O3S/c1-15-5-3-7-20(16(15)2)23-21(25)18-6-4-12-24(13-18)28(26,27)14-17-8-10-19(22)11-9-17/h3,5,7-11,18H,4,6,12-14H2,1-2H3,(H,23,25)/t18-/m1/s1. The summed E-state index contributed by atoms with van der Waals surface area (Å²) in [5.74, 6) is -1.15. The topological polar surface area (TPSA) is 66.5 Å². The molecule has 1 N–H and O–H groups in total. The van der Waals surface area contributed by atoms with Crippen molar-refractivity contribution in [3.63, 3.8) is 0 Å². The largest absolute Gasteiger partial charge is 0.326 e. The quantitative estimate of drug-likeness (QED) is 0.828. The highest BCUT2D eigenvalue weighted by Crippen LogP contribution is 2.24. The summed E-state index contributed by atoms with van der Waals surface area (Å²) in [7, 11) is -3.57. The normalized spacial score (nSPS) is 18.0. The van der Waals surface area contributed by atoms with Crippen molar-refractivity contribution in [2.24, 2.45) is 5.92 Å². The molecular weight excluding hydrogens is 379 g/mol. The zero-order valence-corrected chi connectivity index (χ0v) is 16.9. The molecule has 0 saturated carbocycles. The highest BCUT2D eigenvalue weighted by Gasteiger charge is 2.32. The summed E-state index contributed by atoms with van der Waals surface area (Å²) in [5.41, 5.74) is 3.39. The van der Waals surface area contributed by atoms with Gasteiger partial charge >= 0.3 is 0 Å². The third-order valence-electron chi connectivity index (χ3n) is 5.27. The van der Waals surface area contributed by atoms with E-state index in [1.807, 2.05) is 32.0 Å². The molecule has 1 saturated heterocycles. The number of hydrogen-bond donors (Lipinski definition) is 1. The molecule has 1 amide bonds. The fraction of sp³-hybridized carbons (Fsp3) is 0.381. The number of anilines is 1. The molecule has 28 heavy (non-hydrogen) atoms. The first-order valence-electron chi connectivity index (χ1n) is 9.35. The van der Waals surface area contributed by atoms with Crippen LogP contribution in [-0.4, -0.2) is 31.7 Å². The van der Waals surface area contributed by atoms with Crippen LogP contribution in [0.1, 0.15) is 29.5 Å². The van der Waals surface area contributed by atoms with Gasteiger partial charge in [-0.2, -0.15) is 0 Å². The Bertz CT molecular complexity index is 958. The summed E-state index contributed by atoms with van der Waals surface area (Å²) in [6.07, 6.45) is 1.28. The second-order valence-corrected chi connectivity index (χ2v) is 9.29. The van der Waals surface area contributed by atoms with Crippen LogP contribution >= 0.6 is 0 Å². The van der Waals surface area contributed by atoms with E-state index >= 15 is 0 Å². The van der Waals surface area contributed by atoms with Gasteiger partial charge in [0, 0.05) is 18.8 Å². The molecule has 1 heterocycles. The van der Waals surface area contributed by atoms with Crippen LogP contribution in [0.3, 0.4) is 0 Å². The zero-order chi connectivity index (χ0) is 20.3. The van der Waals surface area contributed by atoms with Gasteiger partial charge in [0.1, 0.15) is 5.82 Å². The monoisotopic (exact) mass is 404 g/mol. The molecule has 1 aliphatic heterocycles. The first kappa shape index (κ1) is 20.5. The van der Waals surface area contributed by atoms with Crippen LogP contribution in [0, 0.1) is 25.6 Å². The van der Waals surface area contributed by atoms with Crippen molar-refractivity contribution < 1.29 is 17.6 Å². The Hall–Kier alpha value is -2.25. The van der Waals surface area contributed by atoms with Gasteiger partial charge in [-0.25, -0.2) is 17.1 Å². The van der Waals surface area contributed by atoms with Crippen LogP contribution in [0.25, 0.3) is 0 Å². The molecule has 0 radical (unpaired) electrons. The number of carbonyl (C=O) groups is 1. The minimum atomic E-state index is -3.57. The van der Waals surface area contributed by atoms with E-state index in [-0.39, 0.29) is 18.2 Å². The smallest absolute Gasteiger partial charge is 0.228 e. The average Bonchev–Trinajstić information content (AvgIpc) is 2.67. The maximum Gasteiger partial charge on any atom is 0.228 e. The predicted octanol–water partition coefficient (Wildman–Crippen LogP) is 3.62. The van der Waals surface area contributed by atoms with Crippen molar-refractivity contribution in [1.29, 1.82) is 0 Å². The van der Waals surface area contributed by atoms with Gasteiger partial charge < -0.3 is 5.32 Å². The molecule has 2 aromatic rings. The number of sulfonamides is 1. The van der Waals surface area contributed by atoms with Gasteiger partial charge in [-0.1, -0.05) is 24.3 Å². The summed E-state index contributed by atoms with van der Waals surface area (Å²) in [4.78, 5) is 12.7. The van der Waals surface area contributed by atoms with Crippen LogP contribution in [0.5, 0.6) is 0 Å². The Morgan fingerprint density at radius 2 is 1.89 bits per heavy atom. The summed E-state index contributed by atoms with van der Waals surface area (Å²) in [5, 5.41) is 2.95. The molecule has 0 bridgehead atoms. The van der Waals surface area contributed by atoms with E-state index in [0.29, 0.717) is 24.9 Å². The molecule has 0 unspecified atom stereocenters. The highest BCUT2D eigenvalue weighted by molar-refractivity contribution is 7.88. The van der Waals surface area contributed by atoms with Crippen molar-refractivity contribution in [1.82, 2.24) is 4.31 Å². The fourth-order valence-electron chi connectivity index (χ4n) is 3.41. The molecule has 5 nitrogen and oxygen atoms in total. The molecule has 0 aliphatic carbocycles. The lowest BCUT2D eigenvalue weighted by atomic mass is 9.98. The van der Waals surface area contributed by atoms with Crippen LogP contribution in [0.2, 0.25) is 0 Å². The lowest BCUT2D eigenvalue weighted by Gasteiger charge is -2.31. The van der Waals surface area contributed by atoms with Crippen LogP contribution in [-0.2, 0) is 20.6 Å². The van der Waals surface area contributed by atoms with Crippen molar-refractivity contribution in [2.75, 3.05) is 18.4 Å². The number of hydrogen-bond acceptors (Lipinski definition) is 3. The molecule has 3 rings (SSSR count). The molecule has 7 heteroatoms. The van der Waals surface area contributed by atoms with Gasteiger partial charge in [-0.05, 0) is 61.6 Å². The van der Waals surface area contributed by atoms with Crippen molar-refractivity contribution >= 4 is 21.6 Å². The summed E-state index contributed by atoms with van der Waals surface area (Å²) < 4.78 is 40.0. The number of halogens is 1. The number of carbonyl (C=O) groups excluding carboxylic acids is 1. The Morgan fingerprint density at radius 3 is 2.61 bits per heavy atom. The molecule has 1 atom stereocenters. The predicted molar refractivity (Wildman–Crippen MR) is 108 cm³/mol. The molecular formula is C21H25FN2O3S. The lowest BCUT2D eigenvalue weighted by Crippen LogP contribution is -2.44. The minimum Gasteiger partial charge on any atom is -0.326 e. The van der Waals surface area contributed by atoms with E-state index in [4.69, 9.17) is 0 Å². The van der Waals surface area contributed by atoms with Gasteiger partial charge in [0.15, 0.2) is 0 Å². The van der Waals surface area contributed by atoms with Crippen LogP contribution in [0.4, 0.5) is 10.1 Å². The fourth-order valence-corrected chi connectivity index (χ4v) is 5.02. The zero-order valence-electron chi connectivity index (χ0n) is 16.1. The second-order valence-electron chi connectivity index (χ2n) is 7.32. The van der Waals surface area contributed by atoms with Gasteiger partial charge in [0.05, 0.1) is 11.7 Å². The molecule has 1 fully saturated rings. The number of piperidine rings is 1. The number of aryl methyl sites for hydroxylation is 1. The number of benzene rings is 2. The van der Waals surface area contributed by atoms with E-state index in [9.17, 15) is 17.6 Å². The van der Waals surface area contributed by atoms with Gasteiger partial charge in [-0.3, -0.25) is 4.79 Å². The SMILES string of the molecule is Cc1cccc(NC(=O)[C@@H]2CCCN(S(=O)(=O)Cc3ccc(F)cc3)C2)c1C. The molecule has 2 aromatic carbocycles. The van der Waals surface area contributed by atoms with Crippen LogP contribution < -0.4 is 5.32 Å². The highest BCUT2D eigenvalue weighted by atomic mass is 32.2. The van der Waals surface area contributed by atoms with Gasteiger partial charge in [0.25, 0.3) is 0 Å². The molecule has 0 spiro atoms. The third-order valence-corrected chi connectivity index (χ3v) is 7.09. The third kappa shape index (κ3) is 4.77. The summed E-state index contributed by atoms with van der Waals surface area (Å²) in [6, 6.07) is 11.2. The van der Waals surface area contributed by atoms with E-state index < -0.39 is 21.8 Å². The maximum absolute atomic E-state index is 13.0. The Balaban J connectivity index is 1.68. The van der Waals surface area contributed by atoms with Crippen molar-refractivity contribution in [3.05, 3.63) is 65.0 Å². The minimum absolute atomic E-state index is 0.157. The number of rotatable bonds is 5. The summed E-state index contributed by atoms with van der Waals surface area (Å²) >= 11 is 0. The number of nitrogens with one attached hydrogen (secondary N) is 1. The maximum atomic E-state index is 13.0. The number of amides is 1. The van der Waals surface area contributed by atoms with Crippen molar-refractivity contribution in [2.45, 2.75) is 32.4 Å². The van der Waals surface area contributed by atoms with Gasteiger partial charge in [0.2, 0.25) is 15.9 Å². The molecule has 1 aliphatic rings. The van der Waals surface area contributed by atoms with E-state index in [1.54, 1.807) is 0 Å². The molecule has 150 valence electrons. The van der Waals surface area contributed by atoms with Gasteiger partial charge in [-0.15, -0.1) is 0 Å². The van der Waals surface area contributed by atoms with E-state index in [1.165, 1.54) is 28.6 Å².